The summed E-state index contributed by atoms with van der Waals surface area (Å²) in [5.74, 6) is 1.12. The van der Waals surface area contributed by atoms with Gasteiger partial charge in [-0.05, 0) is 24.7 Å². The first-order valence-corrected chi connectivity index (χ1v) is 4.26. The second-order valence-electron chi connectivity index (χ2n) is 3.60. The van der Waals surface area contributed by atoms with Crippen LogP contribution in [0.5, 0.6) is 0 Å². The van der Waals surface area contributed by atoms with Gasteiger partial charge in [0.15, 0.2) is 0 Å². The van der Waals surface area contributed by atoms with Gasteiger partial charge in [0.2, 0.25) is 0 Å². The van der Waals surface area contributed by atoms with Crippen LogP contribution < -0.4 is 5.32 Å². The molecule has 58 valence electrons. The predicted octanol–water partition coefficient (Wildman–Crippen LogP) is 0.367. The van der Waals surface area contributed by atoms with Crippen molar-refractivity contribution in [2.45, 2.75) is 25.4 Å². The van der Waals surface area contributed by atoms with Crippen LogP contribution in [0.4, 0.5) is 0 Å². The lowest BCUT2D eigenvalue weighted by atomic mass is 9.76. The fraction of sp³-hybridized carbons (Fsp3) is 1.00. The number of hydrogen-bond acceptors (Lipinski definition) is 2. The molecule has 0 radical (unpaired) electrons. The number of aliphatic hydroxyl groups excluding tert-OH is 1. The zero-order valence-corrected chi connectivity index (χ0v) is 6.21. The summed E-state index contributed by atoms with van der Waals surface area (Å²) >= 11 is 0. The monoisotopic (exact) mass is 141 g/mol. The Morgan fingerprint density at radius 3 is 2.20 bits per heavy atom. The Kier molecular flexibility index (Phi) is 1.66. The molecule has 2 N–H and O–H groups in total. The first-order chi connectivity index (χ1) is 4.88. The quantitative estimate of drug-likeness (QED) is 0.510. The molecule has 1 saturated carbocycles. The molecule has 1 aliphatic carbocycles. The van der Waals surface area contributed by atoms with Gasteiger partial charge in [-0.25, -0.2) is 0 Å². The molecule has 2 heteroatoms. The van der Waals surface area contributed by atoms with Gasteiger partial charge in [0.05, 0.1) is 6.10 Å². The normalized spacial score (nSPS) is 47.1. The third kappa shape index (κ3) is 0.956. The summed E-state index contributed by atoms with van der Waals surface area (Å²) in [6.45, 7) is 2.08. The smallest absolute Gasteiger partial charge is 0.0620 e. The Morgan fingerprint density at radius 2 is 1.70 bits per heavy atom. The minimum atomic E-state index is 0.00926. The maximum absolute atomic E-state index is 9.65. The van der Waals surface area contributed by atoms with Crippen molar-refractivity contribution in [3.63, 3.8) is 0 Å². The molecular formula is C8H15NO. The molecular weight excluding hydrogens is 126 g/mol. The van der Waals surface area contributed by atoms with Crippen LogP contribution in [0.2, 0.25) is 0 Å². The minimum Gasteiger partial charge on any atom is -0.392 e. The van der Waals surface area contributed by atoms with Gasteiger partial charge in [-0.1, -0.05) is 6.42 Å². The maximum atomic E-state index is 9.65. The number of fused-ring (bicyclic) bond motifs is 2. The minimum absolute atomic E-state index is 0.00926. The van der Waals surface area contributed by atoms with Gasteiger partial charge >= 0.3 is 0 Å². The van der Waals surface area contributed by atoms with E-state index in [1.807, 2.05) is 0 Å². The number of piperidine rings is 1. The SMILES string of the molecule is OC1[C@@H]2CCC[C@H]1CNC2. The Hall–Kier alpha value is -0.0800. The van der Waals surface area contributed by atoms with Crippen molar-refractivity contribution in [2.24, 2.45) is 11.8 Å². The zero-order valence-electron chi connectivity index (χ0n) is 6.21. The topological polar surface area (TPSA) is 32.3 Å². The van der Waals surface area contributed by atoms with Gasteiger partial charge in [-0.15, -0.1) is 0 Å². The van der Waals surface area contributed by atoms with E-state index in [-0.39, 0.29) is 6.10 Å². The molecule has 3 atom stereocenters. The van der Waals surface area contributed by atoms with Gasteiger partial charge in [-0.2, -0.15) is 0 Å². The average molecular weight is 141 g/mol. The summed E-state index contributed by atoms with van der Waals surface area (Å²) in [5.41, 5.74) is 0. The van der Waals surface area contributed by atoms with Gasteiger partial charge in [0, 0.05) is 13.1 Å². The molecule has 2 bridgehead atoms. The molecule has 2 fully saturated rings. The van der Waals surface area contributed by atoms with Gasteiger partial charge < -0.3 is 10.4 Å². The van der Waals surface area contributed by atoms with E-state index in [9.17, 15) is 5.11 Å². The number of rotatable bonds is 0. The van der Waals surface area contributed by atoms with Crippen LogP contribution in [0.1, 0.15) is 19.3 Å². The molecule has 0 aromatic rings. The summed E-state index contributed by atoms with van der Waals surface area (Å²) in [4.78, 5) is 0. The lowest BCUT2D eigenvalue weighted by Gasteiger charge is -2.39. The summed E-state index contributed by atoms with van der Waals surface area (Å²) < 4.78 is 0. The zero-order chi connectivity index (χ0) is 6.97. The van der Waals surface area contributed by atoms with Crippen molar-refractivity contribution in [1.29, 1.82) is 0 Å². The Balaban J connectivity index is 2.05. The van der Waals surface area contributed by atoms with E-state index < -0.39 is 0 Å². The Morgan fingerprint density at radius 1 is 1.10 bits per heavy atom. The molecule has 0 spiro atoms. The molecule has 0 aromatic carbocycles. The Labute approximate surface area is 61.6 Å². The molecule has 2 aliphatic rings. The van der Waals surface area contributed by atoms with Crippen LogP contribution >= 0.6 is 0 Å². The summed E-state index contributed by atoms with van der Waals surface area (Å²) in [6, 6.07) is 0. The van der Waals surface area contributed by atoms with Crippen molar-refractivity contribution in [2.75, 3.05) is 13.1 Å². The molecule has 0 amide bonds. The van der Waals surface area contributed by atoms with E-state index in [1.165, 1.54) is 19.3 Å². The van der Waals surface area contributed by atoms with Crippen LogP contribution in [-0.2, 0) is 0 Å². The van der Waals surface area contributed by atoms with E-state index in [4.69, 9.17) is 0 Å². The van der Waals surface area contributed by atoms with Crippen molar-refractivity contribution in [1.82, 2.24) is 5.32 Å². The number of aliphatic hydroxyl groups is 1. The summed E-state index contributed by atoms with van der Waals surface area (Å²) in [7, 11) is 0. The number of nitrogens with one attached hydrogen (secondary N) is 1. The van der Waals surface area contributed by atoms with Gasteiger partial charge in [0.25, 0.3) is 0 Å². The molecule has 1 unspecified atom stereocenters. The molecule has 10 heavy (non-hydrogen) atoms. The van der Waals surface area contributed by atoms with E-state index in [2.05, 4.69) is 5.32 Å². The van der Waals surface area contributed by atoms with Gasteiger partial charge in [0.1, 0.15) is 0 Å². The van der Waals surface area contributed by atoms with Crippen LogP contribution in [0.25, 0.3) is 0 Å². The molecule has 1 heterocycles. The van der Waals surface area contributed by atoms with Crippen LogP contribution in [0.3, 0.4) is 0 Å². The van der Waals surface area contributed by atoms with Crippen molar-refractivity contribution >= 4 is 0 Å². The molecule has 1 aliphatic heterocycles. The van der Waals surface area contributed by atoms with Crippen molar-refractivity contribution in [3.05, 3.63) is 0 Å². The molecule has 2 rings (SSSR count). The van der Waals surface area contributed by atoms with E-state index in [1.54, 1.807) is 0 Å². The second-order valence-corrected chi connectivity index (χ2v) is 3.60. The lowest BCUT2D eigenvalue weighted by Crippen LogP contribution is -2.49. The van der Waals surface area contributed by atoms with Crippen molar-refractivity contribution < 1.29 is 5.11 Å². The van der Waals surface area contributed by atoms with Gasteiger partial charge in [-0.3, -0.25) is 0 Å². The number of hydrogen-bond donors (Lipinski definition) is 2. The Bertz CT molecular complexity index is 104. The van der Waals surface area contributed by atoms with E-state index in [0.29, 0.717) is 11.8 Å². The molecule has 0 aromatic heterocycles. The first kappa shape index (κ1) is 6.62. The average Bonchev–Trinajstić information content (AvgIpc) is 1.86. The highest BCUT2D eigenvalue weighted by atomic mass is 16.3. The largest absolute Gasteiger partial charge is 0.392 e. The van der Waals surface area contributed by atoms with E-state index >= 15 is 0 Å². The summed E-state index contributed by atoms with van der Waals surface area (Å²) in [5, 5.41) is 13.0. The van der Waals surface area contributed by atoms with E-state index in [0.717, 1.165) is 13.1 Å². The highest BCUT2D eigenvalue weighted by molar-refractivity contribution is 4.88. The van der Waals surface area contributed by atoms with Crippen LogP contribution in [-0.4, -0.2) is 24.3 Å². The fourth-order valence-electron chi connectivity index (χ4n) is 2.27. The second kappa shape index (κ2) is 2.51. The third-order valence-electron chi connectivity index (χ3n) is 2.93. The van der Waals surface area contributed by atoms with Crippen molar-refractivity contribution in [3.8, 4) is 0 Å². The standard InChI is InChI=1S/C8H15NO/c10-8-6-2-1-3-7(8)5-9-4-6/h6-10H,1-5H2/t6-,7+,8?. The van der Waals surface area contributed by atoms with Crippen LogP contribution in [0, 0.1) is 11.8 Å². The third-order valence-corrected chi connectivity index (χ3v) is 2.93. The lowest BCUT2D eigenvalue weighted by molar-refractivity contribution is -0.00332. The summed E-state index contributed by atoms with van der Waals surface area (Å²) in [6.07, 6.45) is 3.79. The maximum Gasteiger partial charge on any atom is 0.0620 e. The highest BCUT2D eigenvalue weighted by Gasteiger charge is 2.34. The van der Waals surface area contributed by atoms with Crippen LogP contribution in [0.15, 0.2) is 0 Å². The molecule has 1 saturated heterocycles. The molecule has 2 nitrogen and oxygen atoms in total. The predicted molar refractivity (Wildman–Crippen MR) is 39.7 cm³/mol. The highest BCUT2D eigenvalue weighted by Crippen LogP contribution is 2.31. The first-order valence-electron chi connectivity index (χ1n) is 4.26. The fourth-order valence-corrected chi connectivity index (χ4v) is 2.27.